The number of hydrogen-bond donors (Lipinski definition) is 0. The molecule has 0 aromatic carbocycles. The molecule has 7 nitrogen and oxygen atoms in total. The van der Waals surface area contributed by atoms with E-state index in [-0.39, 0.29) is 34.9 Å². The molecule has 26 heavy (non-hydrogen) atoms. The van der Waals surface area contributed by atoms with Gasteiger partial charge in [0.25, 0.3) is 0 Å². The van der Waals surface area contributed by atoms with Crippen LogP contribution in [0, 0.1) is 17.2 Å². The molecule has 0 unspecified atom stereocenters. The summed E-state index contributed by atoms with van der Waals surface area (Å²) >= 11 is 2.58. The fourth-order valence-corrected chi connectivity index (χ4v) is 4.52. The number of thioether (sulfide) groups is 1. The highest BCUT2D eigenvalue weighted by molar-refractivity contribution is 7.99. The van der Waals surface area contributed by atoms with E-state index in [4.69, 9.17) is 4.74 Å². The Balaban J connectivity index is 2.19. The van der Waals surface area contributed by atoms with Gasteiger partial charge in [-0.3, -0.25) is 9.59 Å². The number of carbonyl (C=O) groups excluding carboxylic acids is 3. The maximum atomic E-state index is 12.9. The van der Waals surface area contributed by atoms with Crippen molar-refractivity contribution in [1.29, 1.82) is 5.26 Å². The summed E-state index contributed by atoms with van der Waals surface area (Å²) in [7, 11) is 0. The first-order valence-corrected chi connectivity index (χ1v) is 10.4. The number of hydrogen-bond acceptors (Lipinski definition) is 8. The lowest BCUT2D eigenvalue weighted by molar-refractivity contribution is -0.140. The molecule has 3 atom stereocenters. The molecule has 0 bridgehead atoms. The van der Waals surface area contributed by atoms with E-state index in [0.29, 0.717) is 18.1 Å². The van der Waals surface area contributed by atoms with E-state index < -0.39 is 17.9 Å². The summed E-state index contributed by atoms with van der Waals surface area (Å²) in [6.45, 7) is 5.67. The minimum absolute atomic E-state index is 0.0705. The van der Waals surface area contributed by atoms with Crippen LogP contribution in [0.15, 0.2) is 5.38 Å². The highest BCUT2D eigenvalue weighted by Gasteiger charge is 2.40. The molecule has 1 amide bonds. The second-order valence-corrected chi connectivity index (χ2v) is 7.78. The average molecular weight is 396 g/mol. The smallest absolute Gasteiger partial charge is 0.357 e. The monoisotopic (exact) mass is 395 g/mol. The number of aromatic nitrogens is 1. The predicted molar refractivity (Wildman–Crippen MR) is 98.8 cm³/mol. The second-order valence-electron chi connectivity index (χ2n) is 5.89. The van der Waals surface area contributed by atoms with E-state index in [2.05, 4.69) is 4.98 Å². The Morgan fingerprint density at radius 3 is 2.81 bits per heavy atom. The second kappa shape index (κ2) is 9.14. The molecule has 0 aliphatic carbocycles. The first-order chi connectivity index (χ1) is 12.4. The standard InChI is InChI=1S/C17H21N3O4S2/c1-4-10(3)16(22)20-9-25-8-13(20)14(21)11(6-18)15-19-12(7-26-15)17(23)24-5-2/h7,10-11,13H,4-5,8-9H2,1-3H3/t10-,11+,13-/m0/s1. The lowest BCUT2D eigenvalue weighted by Crippen LogP contribution is -2.45. The van der Waals surface area contributed by atoms with Crippen molar-refractivity contribution in [2.45, 2.75) is 39.2 Å². The Bertz CT molecular complexity index is 728. The summed E-state index contributed by atoms with van der Waals surface area (Å²) in [5.74, 6) is -1.35. The molecule has 1 aliphatic rings. The van der Waals surface area contributed by atoms with Crippen LogP contribution >= 0.6 is 23.1 Å². The van der Waals surface area contributed by atoms with Crippen LogP contribution in [-0.4, -0.2) is 51.8 Å². The summed E-state index contributed by atoms with van der Waals surface area (Å²) in [4.78, 5) is 42.8. The van der Waals surface area contributed by atoms with Crippen molar-refractivity contribution < 1.29 is 19.1 Å². The van der Waals surface area contributed by atoms with Crippen molar-refractivity contribution in [3.8, 4) is 6.07 Å². The molecule has 2 rings (SSSR count). The minimum Gasteiger partial charge on any atom is -0.461 e. The molecular weight excluding hydrogens is 374 g/mol. The number of rotatable bonds is 7. The van der Waals surface area contributed by atoms with Crippen molar-refractivity contribution in [2.24, 2.45) is 5.92 Å². The molecule has 0 spiro atoms. The third-order valence-electron chi connectivity index (χ3n) is 4.19. The molecule has 0 saturated carbocycles. The number of thiazole rings is 1. The van der Waals surface area contributed by atoms with Crippen LogP contribution in [0.5, 0.6) is 0 Å². The first-order valence-electron chi connectivity index (χ1n) is 8.38. The van der Waals surface area contributed by atoms with Gasteiger partial charge in [-0.15, -0.1) is 23.1 Å². The third-order valence-corrected chi connectivity index (χ3v) is 6.12. The van der Waals surface area contributed by atoms with Crippen LogP contribution in [0.25, 0.3) is 0 Å². The molecule has 1 aromatic rings. The van der Waals surface area contributed by atoms with Crippen LogP contribution < -0.4 is 0 Å². The summed E-state index contributed by atoms with van der Waals surface area (Å²) < 4.78 is 4.88. The Kier molecular flexibility index (Phi) is 7.17. The van der Waals surface area contributed by atoms with Gasteiger partial charge in [-0.1, -0.05) is 13.8 Å². The normalized spacial score (nSPS) is 18.8. The van der Waals surface area contributed by atoms with Crippen LogP contribution in [0.2, 0.25) is 0 Å². The van der Waals surface area contributed by atoms with E-state index in [9.17, 15) is 19.6 Å². The average Bonchev–Trinajstić information content (AvgIpc) is 3.30. The molecule has 1 aromatic heterocycles. The fourth-order valence-electron chi connectivity index (χ4n) is 2.51. The van der Waals surface area contributed by atoms with Crippen molar-refractivity contribution in [3.05, 3.63) is 16.1 Å². The highest BCUT2D eigenvalue weighted by atomic mass is 32.2. The van der Waals surface area contributed by atoms with Crippen molar-refractivity contribution >= 4 is 40.8 Å². The number of ether oxygens (including phenoxy) is 1. The number of nitriles is 1. The minimum atomic E-state index is -1.10. The number of carbonyl (C=O) groups is 3. The Labute approximate surface area is 160 Å². The molecular formula is C17H21N3O4S2. The molecule has 9 heteroatoms. The predicted octanol–water partition coefficient (Wildman–Crippen LogP) is 2.44. The zero-order valence-electron chi connectivity index (χ0n) is 14.9. The molecule has 2 heterocycles. The zero-order chi connectivity index (χ0) is 19.3. The van der Waals surface area contributed by atoms with Gasteiger partial charge in [0.2, 0.25) is 5.91 Å². The largest absolute Gasteiger partial charge is 0.461 e. The zero-order valence-corrected chi connectivity index (χ0v) is 16.6. The maximum absolute atomic E-state index is 12.9. The van der Waals surface area contributed by atoms with Gasteiger partial charge in [-0.25, -0.2) is 9.78 Å². The van der Waals surface area contributed by atoms with Crippen molar-refractivity contribution in [3.63, 3.8) is 0 Å². The fraction of sp³-hybridized carbons (Fsp3) is 0.588. The number of ketones is 1. The maximum Gasteiger partial charge on any atom is 0.357 e. The van der Waals surface area contributed by atoms with E-state index >= 15 is 0 Å². The third kappa shape index (κ3) is 4.24. The summed E-state index contributed by atoms with van der Waals surface area (Å²) in [6.07, 6.45) is 0.692. The number of nitrogens with zero attached hydrogens (tertiary/aromatic N) is 3. The van der Waals surface area contributed by atoms with Gasteiger partial charge in [-0.05, 0) is 13.3 Å². The summed E-state index contributed by atoms with van der Waals surface area (Å²) in [5.41, 5.74) is 0.0910. The quantitative estimate of drug-likeness (QED) is 0.654. The van der Waals surface area contributed by atoms with Gasteiger partial charge >= 0.3 is 5.97 Å². The van der Waals surface area contributed by atoms with Crippen molar-refractivity contribution in [1.82, 2.24) is 9.88 Å². The molecule has 1 aliphatic heterocycles. The van der Waals surface area contributed by atoms with E-state index in [0.717, 1.165) is 11.3 Å². The van der Waals surface area contributed by atoms with Crippen LogP contribution in [0.1, 0.15) is 48.6 Å². The van der Waals surface area contributed by atoms with Gasteiger partial charge in [0.15, 0.2) is 17.4 Å². The Morgan fingerprint density at radius 1 is 1.46 bits per heavy atom. The van der Waals surface area contributed by atoms with Gasteiger partial charge in [-0.2, -0.15) is 5.26 Å². The highest BCUT2D eigenvalue weighted by Crippen LogP contribution is 2.30. The number of Topliss-reactive ketones (excluding diaryl/α,β-unsaturated/α-hetero) is 1. The van der Waals surface area contributed by atoms with E-state index in [1.54, 1.807) is 11.8 Å². The topological polar surface area (TPSA) is 100 Å². The van der Waals surface area contributed by atoms with Crippen LogP contribution in [0.4, 0.5) is 0 Å². The van der Waals surface area contributed by atoms with Gasteiger partial charge in [0.1, 0.15) is 11.0 Å². The number of amides is 1. The van der Waals surface area contributed by atoms with Gasteiger partial charge in [0, 0.05) is 17.1 Å². The van der Waals surface area contributed by atoms with Crippen LogP contribution in [0.3, 0.4) is 0 Å². The summed E-state index contributed by atoms with van der Waals surface area (Å²) in [5, 5.41) is 11.3. The van der Waals surface area contributed by atoms with Gasteiger partial charge in [0.05, 0.1) is 18.6 Å². The van der Waals surface area contributed by atoms with Crippen LogP contribution in [-0.2, 0) is 14.3 Å². The van der Waals surface area contributed by atoms with E-state index in [1.165, 1.54) is 17.1 Å². The molecule has 1 fully saturated rings. The molecule has 0 radical (unpaired) electrons. The molecule has 1 saturated heterocycles. The lowest BCUT2D eigenvalue weighted by Gasteiger charge is -2.26. The first kappa shape index (κ1) is 20.4. The van der Waals surface area contributed by atoms with E-state index in [1.807, 2.05) is 19.9 Å². The van der Waals surface area contributed by atoms with Crippen molar-refractivity contribution in [2.75, 3.05) is 18.2 Å². The Hall–Kier alpha value is -1.92. The Morgan fingerprint density at radius 2 is 2.19 bits per heavy atom. The molecule has 0 N–H and O–H groups in total. The molecule has 140 valence electrons. The SMILES string of the molecule is CCOC(=O)c1csc([C@H](C#N)C(=O)[C@@H]2CSCN2C(=O)[C@@H](C)CC)n1. The van der Waals surface area contributed by atoms with Gasteiger partial charge < -0.3 is 9.64 Å². The number of esters is 1. The lowest BCUT2D eigenvalue weighted by atomic mass is 9.98. The summed E-state index contributed by atoms with van der Waals surface area (Å²) in [6, 6.07) is 1.34.